The second-order valence-corrected chi connectivity index (χ2v) is 7.21. The molecule has 1 unspecified atom stereocenters. The molecular weight excluding hydrogens is 351 g/mol. The second kappa shape index (κ2) is 7.23. The van der Waals surface area contributed by atoms with E-state index in [4.69, 9.17) is 21.1 Å². The van der Waals surface area contributed by atoms with Crippen LogP contribution in [0.3, 0.4) is 0 Å². The van der Waals surface area contributed by atoms with E-state index < -0.39 is 10.0 Å². The second-order valence-electron chi connectivity index (χ2n) is 5.07. The summed E-state index contributed by atoms with van der Waals surface area (Å²) >= 11 is 6.07. The molecule has 0 aromatic heterocycles. The topological polar surface area (TPSA) is 76.7 Å². The Morgan fingerprint density at radius 2 is 1.95 bits per heavy atom. The van der Waals surface area contributed by atoms with Crippen LogP contribution in [0.1, 0.15) is 12.8 Å². The zero-order valence-electron chi connectivity index (χ0n) is 11.8. The van der Waals surface area contributed by atoms with E-state index in [1.165, 1.54) is 12.1 Å². The van der Waals surface area contributed by atoms with Gasteiger partial charge < -0.3 is 14.8 Å². The number of benzene rings is 1. The van der Waals surface area contributed by atoms with Crippen molar-refractivity contribution in [3.63, 3.8) is 0 Å². The molecule has 6 nitrogen and oxygen atoms in total. The number of rotatable bonds is 4. The molecule has 1 atom stereocenters. The first kappa shape index (κ1) is 17.6. The Labute approximate surface area is 141 Å². The van der Waals surface area contributed by atoms with Gasteiger partial charge >= 0.3 is 0 Å². The fourth-order valence-electron chi connectivity index (χ4n) is 2.47. The summed E-state index contributed by atoms with van der Waals surface area (Å²) in [6.07, 6.45) is 2.04. The van der Waals surface area contributed by atoms with Crippen LogP contribution in [0.15, 0.2) is 17.0 Å². The van der Waals surface area contributed by atoms with Crippen LogP contribution >= 0.6 is 24.0 Å². The SMILES string of the molecule is Cl.O=S(=O)(NCC1CCCN1)c1cc2c(cc1Cl)OCCO2. The van der Waals surface area contributed by atoms with Gasteiger partial charge in [0.15, 0.2) is 11.5 Å². The van der Waals surface area contributed by atoms with Crippen LogP contribution < -0.4 is 19.5 Å². The maximum atomic E-state index is 12.4. The third kappa shape index (κ3) is 3.78. The van der Waals surface area contributed by atoms with Gasteiger partial charge in [0.1, 0.15) is 18.1 Å². The molecule has 0 amide bonds. The van der Waals surface area contributed by atoms with Gasteiger partial charge in [-0.1, -0.05) is 11.6 Å². The average Bonchev–Trinajstić information content (AvgIpc) is 2.98. The monoisotopic (exact) mass is 368 g/mol. The number of fused-ring (bicyclic) bond motifs is 1. The summed E-state index contributed by atoms with van der Waals surface area (Å²) < 4.78 is 38.1. The van der Waals surface area contributed by atoms with Crippen molar-refractivity contribution in [2.75, 3.05) is 26.3 Å². The van der Waals surface area contributed by atoms with Crippen LogP contribution in [0.5, 0.6) is 11.5 Å². The van der Waals surface area contributed by atoms with Gasteiger partial charge in [-0.05, 0) is 19.4 Å². The van der Waals surface area contributed by atoms with E-state index in [9.17, 15) is 8.42 Å². The van der Waals surface area contributed by atoms with Gasteiger partial charge in [0.2, 0.25) is 10.0 Å². The summed E-state index contributed by atoms with van der Waals surface area (Å²) in [5, 5.41) is 3.37. The Morgan fingerprint density at radius 3 is 2.59 bits per heavy atom. The first-order valence-electron chi connectivity index (χ1n) is 6.88. The van der Waals surface area contributed by atoms with Crippen molar-refractivity contribution in [3.05, 3.63) is 17.2 Å². The molecule has 2 N–H and O–H groups in total. The smallest absolute Gasteiger partial charge is 0.242 e. The largest absolute Gasteiger partial charge is 0.486 e. The minimum atomic E-state index is -3.67. The van der Waals surface area contributed by atoms with Crippen molar-refractivity contribution < 1.29 is 17.9 Å². The molecule has 0 saturated carbocycles. The van der Waals surface area contributed by atoms with E-state index in [1.807, 2.05) is 0 Å². The highest BCUT2D eigenvalue weighted by Gasteiger charge is 2.24. The Kier molecular flexibility index (Phi) is 5.79. The Morgan fingerprint density at radius 1 is 1.27 bits per heavy atom. The Bertz CT molecular complexity index is 633. The van der Waals surface area contributed by atoms with E-state index in [0.29, 0.717) is 31.3 Å². The predicted molar refractivity (Wildman–Crippen MR) is 85.9 cm³/mol. The molecule has 1 aromatic rings. The van der Waals surface area contributed by atoms with Crippen molar-refractivity contribution in [1.29, 1.82) is 0 Å². The molecule has 9 heteroatoms. The number of halogens is 2. The highest BCUT2D eigenvalue weighted by molar-refractivity contribution is 7.89. The molecule has 22 heavy (non-hydrogen) atoms. The van der Waals surface area contributed by atoms with Gasteiger partial charge in [0, 0.05) is 24.7 Å². The Balaban J connectivity index is 0.00000176. The maximum Gasteiger partial charge on any atom is 0.242 e. The summed E-state index contributed by atoms with van der Waals surface area (Å²) in [7, 11) is -3.67. The lowest BCUT2D eigenvalue weighted by Crippen LogP contribution is -2.37. The quantitative estimate of drug-likeness (QED) is 0.843. The normalized spacial score (nSPS) is 20.5. The van der Waals surface area contributed by atoms with Crippen LogP contribution in [-0.4, -0.2) is 40.8 Å². The number of nitrogens with one attached hydrogen (secondary N) is 2. The van der Waals surface area contributed by atoms with Gasteiger partial charge in [-0.3, -0.25) is 0 Å². The fourth-order valence-corrected chi connectivity index (χ4v) is 4.08. The summed E-state index contributed by atoms with van der Waals surface area (Å²) in [6, 6.07) is 3.08. The Hall–Kier alpha value is -0.730. The van der Waals surface area contributed by atoms with Crippen LogP contribution in [0, 0.1) is 0 Å². The molecule has 124 valence electrons. The van der Waals surface area contributed by atoms with Crippen LogP contribution in [0.4, 0.5) is 0 Å². The van der Waals surface area contributed by atoms with Crippen LogP contribution in [0.25, 0.3) is 0 Å². The fraction of sp³-hybridized carbons (Fsp3) is 0.538. The van der Waals surface area contributed by atoms with Crippen LogP contribution in [-0.2, 0) is 10.0 Å². The summed E-state index contributed by atoms with van der Waals surface area (Å²) in [6.45, 7) is 2.11. The number of hydrogen-bond acceptors (Lipinski definition) is 5. The standard InChI is InChI=1S/C13H17ClN2O4S.ClH/c14-10-6-11-12(20-5-4-19-11)7-13(10)21(17,18)16-8-9-2-1-3-15-9;/h6-7,9,15-16H,1-5,8H2;1H. The molecule has 0 spiro atoms. The first-order valence-corrected chi connectivity index (χ1v) is 8.74. The molecular formula is C13H18Cl2N2O4S. The highest BCUT2D eigenvalue weighted by atomic mass is 35.5. The molecule has 2 aliphatic rings. The van der Waals surface area contributed by atoms with E-state index >= 15 is 0 Å². The molecule has 1 aromatic carbocycles. The third-order valence-corrected chi connectivity index (χ3v) is 5.46. The predicted octanol–water partition coefficient (Wildman–Crippen LogP) is 1.56. The summed E-state index contributed by atoms with van der Waals surface area (Å²) in [5.74, 6) is 0.882. The van der Waals surface area contributed by atoms with Crippen LogP contribution in [0.2, 0.25) is 5.02 Å². The number of ether oxygens (including phenoxy) is 2. The summed E-state index contributed by atoms with van der Waals surface area (Å²) in [5.41, 5.74) is 0. The maximum absolute atomic E-state index is 12.4. The number of hydrogen-bond donors (Lipinski definition) is 2. The third-order valence-electron chi connectivity index (χ3n) is 3.57. The minimum absolute atomic E-state index is 0. The van der Waals surface area contributed by atoms with Gasteiger partial charge in [0.25, 0.3) is 0 Å². The van der Waals surface area contributed by atoms with Crippen molar-refractivity contribution in [3.8, 4) is 11.5 Å². The molecule has 2 heterocycles. The lowest BCUT2D eigenvalue weighted by Gasteiger charge is -2.20. The van der Waals surface area contributed by atoms with Crippen molar-refractivity contribution >= 4 is 34.0 Å². The molecule has 0 radical (unpaired) electrons. The van der Waals surface area contributed by atoms with E-state index in [0.717, 1.165) is 19.4 Å². The first-order chi connectivity index (χ1) is 10.1. The lowest BCUT2D eigenvalue weighted by molar-refractivity contribution is 0.171. The zero-order valence-corrected chi connectivity index (χ0v) is 14.2. The van der Waals surface area contributed by atoms with E-state index in [-0.39, 0.29) is 28.4 Å². The molecule has 3 rings (SSSR count). The van der Waals surface area contributed by atoms with Crippen molar-refractivity contribution in [2.24, 2.45) is 0 Å². The van der Waals surface area contributed by atoms with E-state index in [1.54, 1.807) is 0 Å². The van der Waals surface area contributed by atoms with Gasteiger partial charge in [0.05, 0.1) is 5.02 Å². The molecule has 0 aliphatic carbocycles. The zero-order chi connectivity index (χ0) is 14.9. The molecule has 1 fully saturated rings. The highest BCUT2D eigenvalue weighted by Crippen LogP contribution is 2.37. The van der Waals surface area contributed by atoms with Crippen molar-refractivity contribution in [2.45, 2.75) is 23.8 Å². The van der Waals surface area contributed by atoms with Crippen molar-refractivity contribution in [1.82, 2.24) is 10.0 Å². The lowest BCUT2D eigenvalue weighted by atomic mass is 10.2. The van der Waals surface area contributed by atoms with Gasteiger partial charge in [-0.25, -0.2) is 13.1 Å². The summed E-state index contributed by atoms with van der Waals surface area (Å²) in [4.78, 5) is 0.0198. The molecule has 0 bridgehead atoms. The molecule has 1 saturated heterocycles. The molecule has 2 aliphatic heterocycles. The average molecular weight is 369 g/mol. The minimum Gasteiger partial charge on any atom is -0.486 e. The number of sulfonamides is 1. The van der Waals surface area contributed by atoms with Gasteiger partial charge in [-0.15, -0.1) is 12.4 Å². The van der Waals surface area contributed by atoms with E-state index in [2.05, 4.69) is 10.0 Å². The van der Waals surface area contributed by atoms with Gasteiger partial charge in [-0.2, -0.15) is 0 Å².